The van der Waals surface area contributed by atoms with Crippen molar-refractivity contribution < 1.29 is 0 Å². The summed E-state index contributed by atoms with van der Waals surface area (Å²) >= 11 is 0. The topological polar surface area (TPSA) is 0 Å². The van der Waals surface area contributed by atoms with E-state index in [1.54, 1.807) is 0 Å². The highest BCUT2D eigenvalue weighted by atomic mass is 14.5. The molecule has 0 aromatic rings. The Morgan fingerprint density at radius 1 is 0.778 bits per heavy atom. The van der Waals surface area contributed by atoms with Crippen molar-refractivity contribution in [1.82, 2.24) is 0 Å². The Kier molecular flexibility index (Phi) is 4.11. The summed E-state index contributed by atoms with van der Waals surface area (Å²) in [5.41, 5.74) is 2.60. The van der Waals surface area contributed by atoms with Crippen molar-refractivity contribution in [2.24, 2.45) is 11.3 Å². The van der Waals surface area contributed by atoms with Gasteiger partial charge in [-0.3, -0.25) is 0 Å². The third kappa shape index (κ3) is 2.40. The van der Waals surface area contributed by atoms with Crippen LogP contribution in [0.3, 0.4) is 0 Å². The summed E-state index contributed by atoms with van der Waals surface area (Å²) in [4.78, 5) is 0. The van der Waals surface area contributed by atoms with Gasteiger partial charge in [-0.05, 0) is 62.7 Å². The van der Waals surface area contributed by atoms with E-state index in [9.17, 15) is 0 Å². The minimum Gasteiger partial charge on any atom is -0.0848 e. The molecule has 0 unspecified atom stereocenters. The summed E-state index contributed by atoms with van der Waals surface area (Å²) < 4.78 is 0. The molecule has 0 nitrogen and oxygen atoms in total. The maximum atomic E-state index is 2.67. The van der Waals surface area contributed by atoms with Crippen LogP contribution < -0.4 is 0 Å². The molecule has 3 aliphatic carbocycles. The van der Waals surface area contributed by atoms with E-state index in [0.717, 1.165) is 5.92 Å². The molecule has 0 spiro atoms. The zero-order valence-corrected chi connectivity index (χ0v) is 12.1. The van der Waals surface area contributed by atoms with Crippen LogP contribution in [0.15, 0.2) is 11.6 Å². The molecular formula is C18H30. The summed E-state index contributed by atoms with van der Waals surface area (Å²) in [5, 5.41) is 0. The molecule has 0 saturated heterocycles. The second kappa shape index (κ2) is 5.80. The van der Waals surface area contributed by atoms with E-state index >= 15 is 0 Å². The molecule has 0 radical (unpaired) electrons. The van der Waals surface area contributed by atoms with Crippen LogP contribution in [0.5, 0.6) is 0 Å². The number of hydrogen-bond acceptors (Lipinski definition) is 0. The molecule has 2 saturated carbocycles. The van der Waals surface area contributed by atoms with Crippen LogP contribution in [0.2, 0.25) is 0 Å². The monoisotopic (exact) mass is 246 g/mol. The van der Waals surface area contributed by atoms with Crippen LogP contribution in [0.1, 0.15) is 89.9 Å². The lowest BCUT2D eigenvalue weighted by Gasteiger charge is -2.48. The third-order valence-electron chi connectivity index (χ3n) is 6.06. The molecule has 0 aliphatic heterocycles. The van der Waals surface area contributed by atoms with Gasteiger partial charge in [-0.15, -0.1) is 0 Å². The quantitative estimate of drug-likeness (QED) is 0.523. The van der Waals surface area contributed by atoms with Gasteiger partial charge < -0.3 is 0 Å². The molecule has 0 N–H and O–H groups in total. The predicted molar refractivity (Wildman–Crippen MR) is 78.6 cm³/mol. The van der Waals surface area contributed by atoms with Crippen LogP contribution in [0.4, 0.5) is 0 Å². The van der Waals surface area contributed by atoms with Crippen LogP contribution >= 0.6 is 0 Å². The van der Waals surface area contributed by atoms with Gasteiger partial charge in [0.25, 0.3) is 0 Å². The van der Waals surface area contributed by atoms with Crippen molar-refractivity contribution in [1.29, 1.82) is 0 Å². The van der Waals surface area contributed by atoms with Gasteiger partial charge in [-0.2, -0.15) is 0 Å². The second-order valence-corrected chi connectivity index (χ2v) is 7.03. The van der Waals surface area contributed by atoms with E-state index in [0.29, 0.717) is 5.41 Å². The highest BCUT2D eigenvalue weighted by Crippen LogP contribution is 2.54. The largest absolute Gasteiger partial charge is 0.0848 e. The Bertz CT molecular complexity index is 287. The maximum Gasteiger partial charge on any atom is -0.00599 e. The first-order valence-corrected chi connectivity index (χ1v) is 8.61. The van der Waals surface area contributed by atoms with Crippen LogP contribution in [0.25, 0.3) is 0 Å². The summed E-state index contributed by atoms with van der Waals surface area (Å²) in [7, 11) is 0. The highest BCUT2D eigenvalue weighted by molar-refractivity contribution is 5.19. The van der Waals surface area contributed by atoms with Crippen molar-refractivity contribution in [3.63, 3.8) is 0 Å². The molecule has 102 valence electrons. The first-order chi connectivity index (χ1) is 8.92. The molecule has 0 atom stereocenters. The lowest BCUT2D eigenvalue weighted by atomic mass is 9.57. The first-order valence-electron chi connectivity index (χ1n) is 8.61. The maximum absolute atomic E-state index is 2.67. The Morgan fingerprint density at radius 3 is 2.17 bits per heavy atom. The fourth-order valence-electron chi connectivity index (χ4n) is 5.12. The molecule has 0 aromatic carbocycles. The first kappa shape index (κ1) is 12.8. The van der Waals surface area contributed by atoms with E-state index < -0.39 is 0 Å². The lowest BCUT2D eigenvalue weighted by molar-refractivity contribution is 0.0998. The molecule has 18 heavy (non-hydrogen) atoms. The number of rotatable bonds is 2. The molecule has 0 amide bonds. The van der Waals surface area contributed by atoms with E-state index in [1.165, 1.54) is 89.9 Å². The smallest absolute Gasteiger partial charge is 0.00599 e. The summed E-state index contributed by atoms with van der Waals surface area (Å²) in [6.45, 7) is 0. The fourth-order valence-corrected chi connectivity index (χ4v) is 5.12. The Hall–Kier alpha value is -0.260. The Labute approximate surface area is 113 Å². The molecular weight excluding hydrogens is 216 g/mol. The molecule has 2 fully saturated rings. The van der Waals surface area contributed by atoms with Gasteiger partial charge in [0.15, 0.2) is 0 Å². The van der Waals surface area contributed by atoms with Crippen molar-refractivity contribution in [2.75, 3.05) is 0 Å². The Balaban J connectivity index is 1.84. The van der Waals surface area contributed by atoms with Gasteiger partial charge in [-0.1, -0.05) is 50.2 Å². The molecule has 0 aromatic heterocycles. The summed E-state index contributed by atoms with van der Waals surface area (Å²) in [5.74, 6) is 1.05. The molecule has 3 aliphatic rings. The van der Waals surface area contributed by atoms with E-state index in [4.69, 9.17) is 0 Å². The van der Waals surface area contributed by atoms with E-state index in [-0.39, 0.29) is 0 Å². The predicted octanol–water partition coefficient (Wildman–Crippen LogP) is 6.02. The van der Waals surface area contributed by atoms with Gasteiger partial charge in [0.05, 0.1) is 0 Å². The van der Waals surface area contributed by atoms with Crippen molar-refractivity contribution in [3.8, 4) is 0 Å². The standard InChI is InChI=1S/C18H30/c1-4-10-16(11-5-1)18(14-8-3-9-15-18)17-12-6-2-7-13-17/h10,17H,1-9,11-15H2. The zero-order chi connectivity index (χ0) is 12.3. The fraction of sp³-hybridized carbons (Fsp3) is 0.889. The summed E-state index contributed by atoms with van der Waals surface area (Å²) in [6, 6.07) is 0. The number of allylic oxidation sites excluding steroid dienone is 2. The van der Waals surface area contributed by atoms with Crippen LogP contribution in [-0.4, -0.2) is 0 Å². The van der Waals surface area contributed by atoms with Gasteiger partial charge in [0.2, 0.25) is 0 Å². The zero-order valence-electron chi connectivity index (χ0n) is 12.1. The molecule has 0 heterocycles. The van der Waals surface area contributed by atoms with Gasteiger partial charge >= 0.3 is 0 Å². The van der Waals surface area contributed by atoms with Gasteiger partial charge in [0.1, 0.15) is 0 Å². The molecule has 3 rings (SSSR count). The van der Waals surface area contributed by atoms with Crippen molar-refractivity contribution in [3.05, 3.63) is 11.6 Å². The minimum atomic E-state index is 0.680. The highest BCUT2D eigenvalue weighted by Gasteiger charge is 2.42. The number of hydrogen-bond donors (Lipinski definition) is 0. The molecule has 0 heteroatoms. The Morgan fingerprint density at radius 2 is 1.50 bits per heavy atom. The summed E-state index contributed by atoms with van der Waals surface area (Å²) in [6.07, 6.45) is 23.6. The normalized spacial score (nSPS) is 29.9. The van der Waals surface area contributed by atoms with Gasteiger partial charge in [-0.25, -0.2) is 0 Å². The van der Waals surface area contributed by atoms with Crippen LogP contribution in [-0.2, 0) is 0 Å². The minimum absolute atomic E-state index is 0.680. The van der Waals surface area contributed by atoms with Crippen molar-refractivity contribution in [2.45, 2.75) is 89.9 Å². The van der Waals surface area contributed by atoms with Crippen LogP contribution in [0, 0.1) is 11.3 Å². The van der Waals surface area contributed by atoms with Crippen molar-refractivity contribution >= 4 is 0 Å². The SMILES string of the molecule is C1=C(C2(C3CCCCC3)CCCCC2)CCCC1. The van der Waals surface area contributed by atoms with E-state index in [2.05, 4.69) is 6.08 Å². The van der Waals surface area contributed by atoms with E-state index in [1.807, 2.05) is 5.57 Å². The van der Waals surface area contributed by atoms with Gasteiger partial charge in [0, 0.05) is 0 Å². The molecule has 0 bridgehead atoms. The average Bonchev–Trinajstić information content (AvgIpc) is 2.50. The average molecular weight is 246 g/mol. The second-order valence-electron chi connectivity index (χ2n) is 7.03. The third-order valence-corrected chi connectivity index (χ3v) is 6.06. The lowest BCUT2D eigenvalue weighted by Crippen LogP contribution is -2.36.